The van der Waals surface area contributed by atoms with Gasteiger partial charge in [0.2, 0.25) is 0 Å². The number of hydrogen-bond acceptors (Lipinski definition) is 6. The zero-order chi connectivity index (χ0) is 21.6. The third kappa shape index (κ3) is 6.49. The summed E-state index contributed by atoms with van der Waals surface area (Å²) in [5.74, 6) is -1.45. The lowest BCUT2D eigenvalue weighted by Crippen LogP contribution is -2.21. The summed E-state index contributed by atoms with van der Waals surface area (Å²) < 4.78 is 5.20. The van der Waals surface area contributed by atoms with Gasteiger partial charge < -0.3 is 10.1 Å². The SMILES string of the molecule is Cc1ccc(C(=O)CCC(=O)OCC(=O)Nc2ccc([N+](=O)[O-])cc2Br)cc1C. The summed E-state index contributed by atoms with van der Waals surface area (Å²) in [7, 11) is 0. The Hall–Kier alpha value is -3.07. The summed E-state index contributed by atoms with van der Waals surface area (Å²) in [6.45, 7) is 3.32. The van der Waals surface area contributed by atoms with Crippen LogP contribution in [0.1, 0.15) is 34.3 Å². The molecule has 2 aromatic rings. The summed E-state index contributed by atoms with van der Waals surface area (Å²) in [6.07, 6.45) is -0.156. The smallest absolute Gasteiger partial charge is 0.306 e. The van der Waals surface area contributed by atoms with E-state index >= 15 is 0 Å². The molecule has 1 amide bonds. The number of non-ortho nitro benzene ring substituents is 1. The van der Waals surface area contributed by atoms with Gasteiger partial charge in [-0.15, -0.1) is 0 Å². The van der Waals surface area contributed by atoms with Gasteiger partial charge in [0, 0.05) is 28.6 Å². The number of nitro benzene ring substituents is 1. The number of carbonyl (C=O) groups is 3. The average Bonchev–Trinajstić information content (AvgIpc) is 2.68. The number of amides is 1. The van der Waals surface area contributed by atoms with Crippen LogP contribution >= 0.6 is 15.9 Å². The Balaban J connectivity index is 1.80. The van der Waals surface area contributed by atoms with Crippen molar-refractivity contribution in [3.05, 3.63) is 67.7 Å². The second kappa shape index (κ2) is 9.92. The molecule has 0 fully saturated rings. The Labute approximate surface area is 175 Å². The Morgan fingerprint density at radius 1 is 1.07 bits per heavy atom. The highest BCUT2D eigenvalue weighted by atomic mass is 79.9. The number of ketones is 1. The zero-order valence-electron chi connectivity index (χ0n) is 15.9. The van der Waals surface area contributed by atoms with Gasteiger partial charge in [-0.1, -0.05) is 12.1 Å². The Kier molecular flexibility index (Phi) is 7.60. The number of ether oxygens (including phenoxy) is 1. The number of Topliss-reactive ketones (excluding diaryl/α,β-unsaturated/α-hetero) is 1. The molecule has 0 atom stereocenters. The average molecular weight is 463 g/mol. The van der Waals surface area contributed by atoms with Gasteiger partial charge in [-0.05, 0) is 53.0 Å². The normalized spacial score (nSPS) is 10.3. The summed E-state index contributed by atoms with van der Waals surface area (Å²) in [6, 6.07) is 9.19. The largest absolute Gasteiger partial charge is 0.456 e. The maximum atomic E-state index is 12.2. The van der Waals surface area contributed by atoms with E-state index in [1.165, 1.54) is 18.2 Å². The summed E-state index contributed by atoms with van der Waals surface area (Å²) in [5.41, 5.74) is 2.78. The van der Waals surface area contributed by atoms with E-state index in [1.54, 1.807) is 12.1 Å². The van der Waals surface area contributed by atoms with Crippen LogP contribution in [0, 0.1) is 24.0 Å². The first-order valence-electron chi connectivity index (χ1n) is 8.67. The molecular formula is C20H19BrN2O6. The molecule has 0 aliphatic heterocycles. The maximum Gasteiger partial charge on any atom is 0.306 e. The van der Waals surface area contributed by atoms with Gasteiger partial charge in [-0.25, -0.2) is 0 Å². The number of nitrogens with one attached hydrogen (secondary N) is 1. The molecule has 9 heteroatoms. The van der Waals surface area contributed by atoms with Crippen LogP contribution in [-0.2, 0) is 14.3 Å². The van der Waals surface area contributed by atoms with Crippen LogP contribution in [0.2, 0.25) is 0 Å². The molecule has 0 aliphatic rings. The van der Waals surface area contributed by atoms with Gasteiger partial charge in [-0.3, -0.25) is 24.5 Å². The van der Waals surface area contributed by atoms with Gasteiger partial charge in [0.25, 0.3) is 11.6 Å². The minimum absolute atomic E-state index is 0.0170. The molecule has 0 saturated carbocycles. The molecule has 1 N–H and O–H groups in total. The summed E-state index contributed by atoms with van der Waals surface area (Å²) in [5, 5.41) is 13.2. The van der Waals surface area contributed by atoms with Gasteiger partial charge in [0.15, 0.2) is 12.4 Å². The second-order valence-corrected chi connectivity index (χ2v) is 7.21. The van der Waals surface area contributed by atoms with Crippen LogP contribution in [0.5, 0.6) is 0 Å². The molecule has 0 aromatic heterocycles. The van der Waals surface area contributed by atoms with Crippen molar-refractivity contribution >= 4 is 45.0 Å². The van der Waals surface area contributed by atoms with Crippen LogP contribution in [0.4, 0.5) is 11.4 Å². The Morgan fingerprint density at radius 2 is 1.79 bits per heavy atom. The molecule has 0 saturated heterocycles. The predicted molar refractivity (Wildman–Crippen MR) is 110 cm³/mol. The number of nitrogens with zero attached hydrogens (tertiary/aromatic N) is 1. The van der Waals surface area contributed by atoms with Crippen molar-refractivity contribution in [2.75, 3.05) is 11.9 Å². The molecule has 0 spiro atoms. The van der Waals surface area contributed by atoms with Gasteiger partial charge in [0.1, 0.15) is 0 Å². The third-order valence-corrected chi connectivity index (χ3v) is 4.84. The highest BCUT2D eigenvalue weighted by Gasteiger charge is 2.14. The molecule has 8 nitrogen and oxygen atoms in total. The van der Waals surface area contributed by atoms with Gasteiger partial charge >= 0.3 is 5.97 Å². The standard InChI is InChI=1S/C20H19BrN2O6/c1-12-3-4-14(9-13(12)2)18(24)7-8-20(26)29-11-19(25)22-17-6-5-15(23(27)28)10-16(17)21/h3-6,9-10H,7-8,11H2,1-2H3,(H,22,25). The molecule has 152 valence electrons. The van der Waals surface area contributed by atoms with Gasteiger partial charge in [-0.2, -0.15) is 0 Å². The van der Waals surface area contributed by atoms with E-state index in [0.29, 0.717) is 15.7 Å². The number of carbonyl (C=O) groups excluding carboxylic acids is 3. The van der Waals surface area contributed by atoms with Crippen molar-refractivity contribution in [2.45, 2.75) is 26.7 Å². The van der Waals surface area contributed by atoms with Crippen molar-refractivity contribution < 1.29 is 24.0 Å². The number of rotatable bonds is 8. The lowest BCUT2D eigenvalue weighted by atomic mass is 10.0. The van der Waals surface area contributed by atoms with E-state index in [9.17, 15) is 24.5 Å². The first-order chi connectivity index (χ1) is 13.7. The van der Waals surface area contributed by atoms with Crippen LogP contribution in [0.25, 0.3) is 0 Å². The Morgan fingerprint density at radius 3 is 2.41 bits per heavy atom. The fourth-order valence-electron chi connectivity index (χ4n) is 2.40. The fraction of sp³-hybridized carbons (Fsp3) is 0.250. The number of benzene rings is 2. The first kappa shape index (κ1) is 22.2. The van der Waals surface area contributed by atoms with Crippen molar-refractivity contribution in [1.29, 1.82) is 0 Å². The minimum Gasteiger partial charge on any atom is -0.456 e. The minimum atomic E-state index is -0.667. The van der Waals surface area contributed by atoms with E-state index in [2.05, 4.69) is 21.2 Å². The lowest BCUT2D eigenvalue weighted by Gasteiger charge is -2.08. The third-order valence-electron chi connectivity index (χ3n) is 4.19. The quantitative estimate of drug-likeness (QED) is 0.273. The zero-order valence-corrected chi connectivity index (χ0v) is 17.4. The van der Waals surface area contributed by atoms with Crippen LogP contribution in [-0.4, -0.2) is 29.2 Å². The molecule has 29 heavy (non-hydrogen) atoms. The van der Waals surface area contributed by atoms with Crippen molar-refractivity contribution in [2.24, 2.45) is 0 Å². The predicted octanol–water partition coefficient (Wildman–Crippen LogP) is 4.12. The van der Waals surface area contributed by atoms with E-state index in [-0.39, 0.29) is 24.3 Å². The highest BCUT2D eigenvalue weighted by Crippen LogP contribution is 2.27. The molecule has 2 aromatic carbocycles. The summed E-state index contributed by atoms with van der Waals surface area (Å²) >= 11 is 3.13. The number of aryl methyl sites for hydroxylation is 2. The van der Waals surface area contributed by atoms with E-state index in [1.807, 2.05) is 19.9 Å². The van der Waals surface area contributed by atoms with Crippen molar-refractivity contribution in [1.82, 2.24) is 0 Å². The number of halogens is 1. The fourth-order valence-corrected chi connectivity index (χ4v) is 2.86. The number of anilines is 1. The first-order valence-corrected chi connectivity index (χ1v) is 9.46. The molecule has 0 bridgehead atoms. The van der Waals surface area contributed by atoms with Crippen molar-refractivity contribution in [3.63, 3.8) is 0 Å². The maximum absolute atomic E-state index is 12.2. The van der Waals surface area contributed by atoms with E-state index < -0.39 is 23.4 Å². The molecule has 0 heterocycles. The highest BCUT2D eigenvalue weighted by molar-refractivity contribution is 9.10. The number of esters is 1. The Bertz CT molecular complexity index is 973. The van der Waals surface area contributed by atoms with E-state index in [4.69, 9.17) is 4.74 Å². The molecular weight excluding hydrogens is 444 g/mol. The lowest BCUT2D eigenvalue weighted by molar-refractivity contribution is -0.384. The van der Waals surface area contributed by atoms with Crippen molar-refractivity contribution in [3.8, 4) is 0 Å². The molecule has 2 rings (SSSR count). The van der Waals surface area contributed by atoms with E-state index in [0.717, 1.165) is 11.1 Å². The monoisotopic (exact) mass is 462 g/mol. The van der Waals surface area contributed by atoms with Crippen LogP contribution in [0.3, 0.4) is 0 Å². The topological polar surface area (TPSA) is 116 Å². The number of hydrogen-bond donors (Lipinski definition) is 1. The summed E-state index contributed by atoms with van der Waals surface area (Å²) in [4.78, 5) is 46.0. The van der Waals surface area contributed by atoms with Crippen LogP contribution < -0.4 is 5.32 Å². The molecule has 0 radical (unpaired) electrons. The molecule has 0 unspecified atom stereocenters. The number of nitro groups is 1. The second-order valence-electron chi connectivity index (χ2n) is 6.35. The molecule has 0 aliphatic carbocycles. The van der Waals surface area contributed by atoms with Gasteiger partial charge in [0.05, 0.1) is 17.0 Å². The van der Waals surface area contributed by atoms with Crippen LogP contribution in [0.15, 0.2) is 40.9 Å².